The van der Waals surface area contributed by atoms with Crippen LogP contribution >= 0.6 is 0 Å². The zero-order valence-corrected chi connectivity index (χ0v) is 9.61. The van der Waals surface area contributed by atoms with Gasteiger partial charge in [-0.1, -0.05) is 0 Å². The van der Waals surface area contributed by atoms with E-state index < -0.39 is 0 Å². The van der Waals surface area contributed by atoms with Crippen molar-refractivity contribution in [3.8, 4) is 0 Å². The quantitative estimate of drug-likeness (QED) is 0.665. The van der Waals surface area contributed by atoms with Crippen LogP contribution in [0, 0.1) is 0 Å². The number of aliphatic hydroxyl groups excluding tert-OH is 1. The Morgan fingerprint density at radius 2 is 2.40 bits per heavy atom. The Labute approximate surface area is 91.3 Å². The Kier molecular flexibility index (Phi) is 5.36. The molecule has 0 saturated carbocycles. The summed E-state index contributed by atoms with van der Waals surface area (Å²) in [5, 5.41) is 12.4. The number of hydrogen-bond donors (Lipinski definition) is 2. The second kappa shape index (κ2) is 6.58. The first-order valence-electron chi connectivity index (χ1n) is 5.61. The van der Waals surface area contributed by atoms with E-state index in [0.29, 0.717) is 0 Å². The smallest absolute Gasteiger partial charge is 0.0948 e. The topological polar surface area (TPSA) is 50.1 Å². The Balaban J connectivity index is 2.15. The van der Waals surface area contributed by atoms with E-state index in [1.54, 1.807) is 0 Å². The molecule has 0 aliphatic heterocycles. The van der Waals surface area contributed by atoms with Crippen molar-refractivity contribution in [3.63, 3.8) is 0 Å². The van der Waals surface area contributed by atoms with Gasteiger partial charge in [-0.2, -0.15) is 0 Å². The predicted molar refractivity (Wildman–Crippen MR) is 60.5 cm³/mol. The fourth-order valence-corrected chi connectivity index (χ4v) is 1.52. The number of imidazole rings is 1. The summed E-state index contributed by atoms with van der Waals surface area (Å²) < 4.78 is 2.13. The van der Waals surface area contributed by atoms with Gasteiger partial charge in [-0.05, 0) is 33.2 Å². The number of aliphatic hydroxyl groups is 1. The lowest BCUT2D eigenvalue weighted by molar-refractivity contribution is 0.181. The molecule has 0 aromatic carbocycles. The van der Waals surface area contributed by atoms with Crippen molar-refractivity contribution in [2.45, 2.75) is 45.9 Å². The van der Waals surface area contributed by atoms with E-state index in [1.807, 2.05) is 19.4 Å². The highest BCUT2D eigenvalue weighted by atomic mass is 16.3. The summed E-state index contributed by atoms with van der Waals surface area (Å²) in [6, 6.07) is 0. The van der Waals surface area contributed by atoms with Crippen LogP contribution in [0.5, 0.6) is 0 Å². The van der Waals surface area contributed by atoms with Gasteiger partial charge in [0.25, 0.3) is 0 Å². The largest absolute Gasteiger partial charge is 0.393 e. The van der Waals surface area contributed by atoms with E-state index in [0.717, 1.165) is 32.5 Å². The van der Waals surface area contributed by atoms with Crippen LogP contribution < -0.4 is 5.32 Å². The molecule has 1 atom stereocenters. The Morgan fingerprint density at radius 1 is 1.60 bits per heavy atom. The van der Waals surface area contributed by atoms with Gasteiger partial charge < -0.3 is 15.0 Å². The highest BCUT2D eigenvalue weighted by Crippen LogP contribution is 1.99. The Hall–Kier alpha value is -0.870. The van der Waals surface area contributed by atoms with Crippen LogP contribution in [-0.4, -0.2) is 27.3 Å². The fourth-order valence-electron chi connectivity index (χ4n) is 1.52. The summed E-state index contributed by atoms with van der Waals surface area (Å²) in [5.74, 6) is 0. The molecule has 0 fully saturated rings. The van der Waals surface area contributed by atoms with E-state index >= 15 is 0 Å². The second-order valence-corrected chi connectivity index (χ2v) is 3.84. The molecule has 1 heterocycles. The van der Waals surface area contributed by atoms with Gasteiger partial charge in [0.15, 0.2) is 0 Å². The normalized spacial score (nSPS) is 13.0. The second-order valence-electron chi connectivity index (χ2n) is 3.84. The minimum Gasteiger partial charge on any atom is -0.393 e. The van der Waals surface area contributed by atoms with Gasteiger partial charge in [0.05, 0.1) is 18.1 Å². The van der Waals surface area contributed by atoms with Crippen LogP contribution in [0.15, 0.2) is 12.5 Å². The highest BCUT2D eigenvalue weighted by molar-refractivity contribution is 4.97. The summed E-state index contributed by atoms with van der Waals surface area (Å²) in [4.78, 5) is 4.10. The van der Waals surface area contributed by atoms with Crippen molar-refractivity contribution in [1.82, 2.24) is 14.9 Å². The van der Waals surface area contributed by atoms with Gasteiger partial charge >= 0.3 is 0 Å². The van der Waals surface area contributed by atoms with Crippen LogP contribution in [0.25, 0.3) is 0 Å². The summed E-state index contributed by atoms with van der Waals surface area (Å²) in [5.41, 5.74) is 1.22. The zero-order chi connectivity index (χ0) is 11.1. The van der Waals surface area contributed by atoms with Crippen molar-refractivity contribution in [1.29, 1.82) is 0 Å². The molecule has 4 heteroatoms. The lowest BCUT2D eigenvalue weighted by atomic mass is 10.2. The van der Waals surface area contributed by atoms with Crippen LogP contribution in [0.2, 0.25) is 0 Å². The molecule has 1 aromatic heterocycles. The third-order valence-corrected chi connectivity index (χ3v) is 2.42. The standard InChI is InChI=1S/C11H21N3O/c1-3-14-9-13-8-11(14)7-12-6-4-5-10(2)15/h8-10,12,15H,3-7H2,1-2H3. The molecular formula is C11H21N3O. The molecule has 86 valence electrons. The van der Waals surface area contributed by atoms with E-state index in [1.165, 1.54) is 5.69 Å². The van der Waals surface area contributed by atoms with Crippen molar-refractivity contribution in [3.05, 3.63) is 18.2 Å². The van der Waals surface area contributed by atoms with E-state index in [4.69, 9.17) is 5.11 Å². The molecule has 2 N–H and O–H groups in total. The van der Waals surface area contributed by atoms with E-state index in [-0.39, 0.29) is 6.10 Å². The molecule has 4 nitrogen and oxygen atoms in total. The Morgan fingerprint density at radius 3 is 3.07 bits per heavy atom. The number of hydrogen-bond acceptors (Lipinski definition) is 3. The molecule has 0 radical (unpaired) electrons. The first-order valence-corrected chi connectivity index (χ1v) is 5.61. The molecule has 0 aliphatic rings. The summed E-state index contributed by atoms with van der Waals surface area (Å²) in [6.45, 7) is 6.70. The van der Waals surface area contributed by atoms with E-state index in [9.17, 15) is 0 Å². The SMILES string of the molecule is CCn1cncc1CNCCCC(C)O. The minimum absolute atomic E-state index is 0.187. The number of rotatable bonds is 7. The van der Waals surface area contributed by atoms with E-state index in [2.05, 4.69) is 21.8 Å². The third kappa shape index (κ3) is 4.44. The monoisotopic (exact) mass is 211 g/mol. The lowest BCUT2D eigenvalue weighted by Crippen LogP contribution is -2.18. The first-order chi connectivity index (χ1) is 7.24. The van der Waals surface area contributed by atoms with Gasteiger partial charge in [0.1, 0.15) is 0 Å². The fraction of sp³-hybridized carbons (Fsp3) is 0.727. The summed E-state index contributed by atoms with van der Waals surface area (Å²) in [7, 11) is 0. The predicted octanol–water partition coefficient (Wildman–Crippen LogP) is 1.15. The molecule has 0 spiro atoms. The van der Waals surface area contributed by atoms with Gasteiger partial charge in [0, 0.05) is 19.3 Å². The van der Waals surface area contributed by atoms with Gasteiger partial charge in [-0.15, -0.1) is 0 Å². The summed E-state index contributed by atoms with van der Waals surface area (Å²) in [6.07, 6.45) is 5.43. The lowest BCUT2D eigenvalue weighted by Gasteiger charge is -2.07. The number of aromatic nitrogens is 2. The van der Waals surface area contributed by atoms with Crippen LogP contribution in [-0.2, 0) is 13.1 Å². The van der Waals surface area contributed by atoms with Crippen molar-refractivity contribution in [2.75, 3.05) is 6.54 Å². The maximum Gasteiger partial charge on any atom is 0.0948 e. The van der Waals surface area contributed by atoms with Crippen LogP contribution in [0.1, 0.15) is 32.4 Å². The Bertz CT molecular complexity index is 271. The molecule has 1 rings (SSSR count). The molecular weight excluding hydrogens is 190 g/mol. The zero-order valence-electron chi connectivity index (χ0n) is 9.61. The highest BCUT2D eigenvalue weighted by Gasteiger charge is 1.99. The average Bonchev–Trinajstić information content (AvgIpc) is 2.64. The maximum atomic E-state index is 9.08. The summed E-state index contributed by atoms with van der Waals surface area (Å²) >= 11 is 0. The van der Waals surface area contributed by atoms with Crippen molar-refractivity contribution in [2.24, 2.45) is 0 Å². The maximum absolute atomic E-state index is 9.08. The number of nitrogens with one attached hydrogen (secondary N) is 1. The van der Waals surface area contributed by atoms with Gasteiger partial charge in [-0.3, -0.25) is 0 Å². The van der Waals surface area contributed by atoms with Gasteiger partial charge in [-0.25, -0.2) is 4.98 Å². The number of nitrogens with zero attached hydrogens (tertiary/aromatic N) is 2. The molecule has 0 bridgehead atoms. The van der Waals surface area contributed by atoms with Crippen LogP contribution in [0.4, 0.5) is 0 Å². The molecule has 0 amide bonds. The van der Waals surface area contributed by atoms with Gasteiger partial charge in [0.2, 0.25) is 0 Å². The van der Waals surface area contributed by atoms with Crippen LogP contribution in [0.3, 0.4) is 0 Å². The average molecular weight is 211 g/mol. The molecule has 0 saturated heterocycles. The van der Waals surface area contributed by atoms with Crippen molar-refractivity contribution >= 4 is 0 Å². The molecule has 15 heavy (non-hydrogen) atoms. The molecule has 1 unspecified atom stereocenters. The first kappa shape index (κ1) is 12.2. The number of aryl methyl sites for hydroxylation is 1. The molecule has 0 aliphatic carbocycles. The minimum atomic E-state index is -0.187. The van der Waals surface area contributed by atoms with Crippen molar-refractivity contribution < 1.29 is 5.11 Å². The third-order valence-electron chi connectivity index (χ3n) is 2.42. The molecule has 1 aromatic rings.